The molecule has 2 heterocycles. The molecule has 11 nitrogen and oxygen atoms in total. The van der Waals surface area contributed by atoms with Crippen LogP contribution in [-0.2, 0) is 16.8 Å². The number of nitrogens with zero attached hydrogens (tertiary/aromatic N) is 2. The van der Waals surface area contributed by atoms with Crippen molar-refractivity contribution in [1.29, 1.82) is 5.26 Å². The SMILES string of the molecule is N#Cc1c(NC(=O)c2ccc3c(c2)OCO3)nc2ccc(NS(=O)(=O)O)cc2c1NCc1ccccc1. The van der Waals surface area contributed by atoms with Gasteiger partial charge in [0.15, 0.2) is 17.3 Å². The summed E-state index contributed by atoms with van der Waals surface area (Å²) in [7, 11) is -4.52. The van der Waals surface area contributed by atoms with Gasteiger partial charge in [-0.1, -0.05) is 30.3 Å². The molecule has 0 atom stereocenters. The van der Waals surface area contributed by atoms with Gasteiger partial charge >= 0.3 is 10.3 Å². The normalized spacial score (nSPS) is 12.1. The lowest BCUT2D eigenvalue weighted by Gasteiger charge is -2.16. The van der Waals surface area contributed by atoms with Crippen molar-refractivity contribution in [3.05, 3.63) is 83.4 Å². The molecule has 12 heteroatoms. The van der Waals surface area contributed by atoms with E-state index in [1.54, 1.807) is 12.1 Å². The Bertz CT molecular complexity index is 1670. The monoisotopic (exact) mass is 517 g/mol. The van der Waals surface area contributed by atoms with Crippen LogP contribution in [0.5, 0.6) is 11.5 Å². The van der Waals surface area contributed by atoms with Crippen molar-refractivity contribution < 1.29 is 27.2 Å². The van der Waals surface area contributed by atoms with E-state index in [2.05, 4.69) is 21.7 Å². The van der Waals surface area contributed by atoms with E-state index in [0.29, 0.717) is 34.6 Å². The maximum Gasteiger partial charge on any atom is 0.357 e. The van der Waals surface area contributed by atoms with Gasteiger partial charge in [0.05, 0.1) is 16.9 Å². The lowest BCUT2D eigenvalue weighted by atomic mass is 10.1. The molecule has 37 heavy (non-hydrogen) atoms. The number of ether oxygens (including phenoxy) is 2. The Labute approximate surface area is 211 Å². The number of hydrogen-bond acceptors (Lipinski definition) is 8. The first-order chi connectivity index (χ1) is 17.8. The molecule has 5 rings (SSSR count). The van der Waals surface area contributed by atoms with Crippen LogP contribution in [0.1, 0.15) is 21.5 Å². The number of hydrogen-bond donors (Lipinski definition) is 4. The molecular weight excluding hydrogens is 498 g/mol. The summed E-state index contributed by atoms with van der Waals surface area (Å²) >= 11 is 0. The van der Waals surface area contributed by atoms with Gasteiger partial charge in [-0.15, -0.1) is 0 Å². The van der Waals surface area contributed by atoms with Gasteiger partial charge in [0, 0.05) is 17.5 Å². The standard InChI is InChI=1S/C25H19N5O6S/c26-12-19-23(27-13-15-4-2-1-3-5-15)18-11-17(30-37(32,33)34)7-8-20(18)28-24(19)29-25(31)16-6-9-21-22(10-16)36-14-35-21/h1-11,30H,13-14H2,(H,32,33,34)(H2,27,28,29,31). The first-order valence-electron chi connectivity index (χ1n) is 10.9. The summed E-state index contributed by atoms with van der Waals surface area (Å²) in [4.78, 5) is 17.5. The minimum absolute atomic E-state index is 0.0173. The summed E-state index contributed by atoms with van der Waals surface area (Å²) in [6.45, 7) is 0.399. The van der Waals surface area contributed by atoms with Gasteiger partial charge < -0.3 is 20.1 Å². The molecule has 3 aromatic carbocycles. The molecular formula is C25H19N5O6S. The molecule has 1 aliphatic rings. The van der Waals surface area contributed by atoms with E-state index in [1.807, 2.05) is 35.1 Å². The van der Waals surface area contributed by atoms with Crippen molar-refractivity contribution in [2.24, 2.45) is 0 Å². The highest BCUT2D eigenvalue weighted by Crippen LogP contribution is 2.35. The number of nitriles is 1. The Morgan fingerprint density at radius 1 is 1.05 bits per heavy atom. The molecule has 4 N–H and O–H groups in total. The first kappa shape index (κ1) is 23.9. The van der Waals surface area contributed by atoms with Crippen LogP contribution < -0.4 is 24.8 Å². The Kier molecular flexibility index (Phi) is 6.22. The van der Waals surface area contributed by atoms with E-state index in [9.17, 15) is 23.0 Å². The van der Waals surface area contributed by atoms with E-state index in [4.69, 9.17) is 9.47 Å². The second-order valence-corrected chi connectivity index (χ2v) is 9.15. The van der Waals surface area contributed by atoms with E-state index in [1.165, 1.54) is 24.3 Å². The summed E-state index contributed by atoms with van der Waals surface area (Å²) in [5.41, 5.74) is 2.02. The van der Waals surface area contributed by atoms with Gasteiger partial charge in [-0.05, 0) is 42.0 Å². The zero-order chi connectivity index (χ0) is 26.0. The quantitative estimate of drug-likeness (QED) is 0.266. The Hall–Kier alpha value is -4.86. The number of aromatic nitrogens is 1. The van der Waals surface area contributed by atoms with Gasteiger partial charge in [-0.25, -0.2) is 4.98 Å². The molecule has 0 fully saturated rings. The van der Waals surface area contributed by atoms with E-state index >= 15 is 0 Å². The Morgan fingerprint density at radius 3 is 2.59 bits per heavy atom. The molecule has 1 aromatic heterocycles. The molecule has 1 amide bonds. The fourth-order valence-corrected chi connectivity index (χ4v) is 4.29. The summed E-state index contributed by atoms with van der Waals surface area (Å²) in [5.74, 6) is 0.465. The fourth-order valence-electron chi connectivity index (χ4n) is 3.86. The molecule has 0 aliphatic carbocycles. The van der Waals surface area contributed by atoms with Crippen LogP contribution in [0.2, 0.25) is 0 Å². The van der Waals surface area contributed by atoms with E-state index in [-0.39, 0.29) is 29.4 Å². The zero-order valence-corrected chi connectivity index (χ0v) is 19.9. The third-order valence-electron chi connectivity index (χ3n) is 5.52. The van der Waals surface area contributed by atoms with E-state index in [0.717, 1.165) is 5.56 Å². The Morgan fingerprint density at radius 2 is 1.84 bits per heavy atom. The molecule has 1 aliphatic heterocycles. The second kappa shape index (κ2) is 9.65. The van der Waals surface area contributed by atoms with Gasteiger partial charge in [0.2, 0.25) is 6.79 Å². The summed E-state index contributed by atoms with van der Waals surface area (Å²) in [5, 5.41) is 16.4. The van der Waals surface area contributed by atoms with Crippen LogP contribution in [0, 0.1) is 11.3 Å². The maximum atomic E-state index is 13.0. The van der Waals surface area contributed by atoms with Gasteiger partial charge in [0.25, 0.3) is 5.91 Å². The van der Waals surface area contributed by atoms with Crippen molar-refractivity contribution in [3.8, 4) is 17.6 Å². The number of anilines is 3. The zero-order valence-electron chi connectivity index (χ0n) is 19.1. The summed E-state index contributed by atoms with van der Waals surface area (Å²) in [6.07, 6.45) is 0. The molecule has 0 spiro atoms. The molecule has 186 valence electrons. The third kappa shape index (κ3) is 5.22. The Balaban J connectivity index is 1.56. The number of carbonyl (C=O) groups excluding carboxylic acids is 1. The van der Waals surface area contributed by atoms with Crippen LogP contribution in [0.4, 0.5) is 17.2 Å². The topological polar surface area (TPSA) is 163 Å². The largest absolute Gasteiger partial charge is 0.454 e. The minimum atomic E-state index is -4.52. The van der Waals surface area contributed by atoms with Crippen LogP contribution in [0.3, 0.4) is 0 Å². The number of rotatable bonds is 7. The summed E-state index contributed by atoms with van der Waals surface area (Å²) in [6, 6.07) is 20.6. The maximum absolute atomic E-state index is 13.0. The van der Waals surface area contributed by atoms with Gasteiger partial charge in [-0.3, -0.25) is 14.1 Å². The van der Waals surface area contributed by atoms with E-state index < -0.39 is 16.2 Å². The lowest BCUT2D eigenvalue weighted by molar-refractivity contribution is 0.102. The minimum Gasteiger partial charge on any atom is -0.454 e. The van der Waals surface area contributed by atoms with Crippen LogP contribution >= 0.6 is 0 Å². The van der Waals surface area contributed by atoms with Crippen molar-refractivity contribution in [3.63, 3.8) is 0 Å². The van der Waals surface area contributed by atoms with Crippen molar-refractivity contribution in [2.75, 3.05) is 22.1 Å². The van der Waals surface area contributed by atoms with Gasteiger partial charge in [-0.2, -0.15) is 13.7 Å². The molecule has 0 saturated carbocycles. The number of pyridine rings is 1. The third-order valence-corrected chi connectivity index (χ3v) is 6.02. The smallest absolute Gasteiger partial charge is 0.357 e. The molecule has 0 unspecified atom stereocenters. The highest BCUT2D eigenvalue weighted by molar-refractivity contribution is 7.87. The predicted molar refractivity (Wildman–Crippen MR) is 136 cm³/mol. The van der Waals surface area contributed by atoms with Crippen molar-refractivity contribution in [1.82, 2.24) is 4.98 Å². The molecule has 4 aromatic rings. The highest BCUT2D eigenvalue weighted by Gasteiger charge is 2.21. The second-order valence-electron chi connectivity index (χ2n) is 7.99. The van der Waals surface area contributed by atoms with Crippen molar-refractivity contribution >= 4 is 44.3 Å². The fraction of sp³-hybridized carbons (Fsp3) is 0.0800. The molecule has 0 saturated heterocycles. The predicted octanol–water partition coefficient (Wildman–Crippen LogP) is 3.91. The number of carbonyl (C=O) groups is 1. The first-order valence-corrected chi connectivity index (χ1v) is 12.4. The molecule has 0 radical (unpaired) electrons. The van der Waals surface area contributed by atoms with Crippen LogP contribution in [0.15, 0.2) is 66.7 Å². The molecule has 0 bridgehead atoms. The lowest BCUT2D eigenvalue weighted by Crippen LogP contribution is -2.15. The highest BCUT2D eigenvalue weighted by atomic mass is 32.2. The average Bonchev–Trinajstić information content (AvgIpc) is 3.35. The number of amides is 1. The van der Waals surface area contributed by atoms with Crippen LogP contribution in [0.25, 0.3) is 10.9 Å². The van der Waals surface area contributed by atoms with Gasteiger partial charge in [0.1, 0.15) is 11.6 Å². The number of fused-ring (bicyclic) bond motifs is 2. The summed E-state index contributed by atoms with van der Waals surface area (Å²) < 4.78 is 44.5. The van der Waals surface area contributed by atoms with Crippen molar-refractivity contribution in [2.45, 2.75) is 6.54 Å². The number of benzene rings is 3. The average molecular weight is 518 g/mol. The number of nitrogens with one attached hydrogen (secondary N) is 3. The van der Waals surface area contributed by atoms with Crippen LogP contribution in [-0.4, -0.2) is 30.7 Å².